The molecule has 43 heavy (non-hydrogen) atoms. The molecule has 1 aliphatic heterocycles. The molecule has 0 spiro atoms. The molecule has 8 heteroatoms. The van der Waals surface area contributed by atoms with Gasteiger partial charge in [0.2, 0.25) is 0 Å². The highest BCUT2D eigenvalue weighted by Gasteiger charge is 2.25. The molecule has 0 radical (unpaired) electrons. The van der Waals surface area contributed by atoms with E-state index in [1.807, 2.05) is 44.9 Å². The van der Waals surface area contributed by atoms with Gasteiger partial charge in [-0.15, -0.1) is 0 Å². The normalized spacial score (nSPS) is 15.8. The van der Waals surface area contributed by atoms with Crippen molar-refractivity contribution in [3.63, 3.8) is 0 Å². The van der Waals surface area contributed by atoms with Crippen LogP contribution in [-0.4, -0.2) is 68.7 Å². The lowest BCUT2D eigenvalue weighted by Gasteiger charge is -2.33. The summed E-state index contributed by atoms with van der Waals surface area (Å²) in [6, 6.07) is 6.37. The molecule has 2 rings (SSSR count). The number of likely N-dealkylation sites (tertiary alicyclic amines) is 1. The molecular weight excluding hydrogens is 558 g/mol. The summed E-state index contributed by atoms with van der Waals surface area (Å²) in [7, 11) is 1.74. The molecule has 1 fully saturated rings. The second-order valence-corrected chi connectivity index (χ2v) is 12.4. The van der Waals surface area contributed by atoms with Crippen molar-refractivity contribution in [1.29, 1.82) is 0 Å². The van der Waals surface area contributed by atoms with Gasteiger partial charge in [-0.2, -0.15) is 0 Å². The highest BCUT2D eigenvalue weighted by Crippen LogP contribution is 2.38. The Morgan fingerprint density at radius 3 is 2.49 bits per heavy atom. The van der Waals surface area contributed by atoms with Crippen molar-refractivity contribution in [2.45, 2.75) is 85.7 Å². The Morgan fingerprint density at radius 1 is 1.16 bits per heavy atom. The highest BCUT2D eigenvalue weighted by molar-refractivity contribution is 6.30. The first-order valence-corrected chi connectivity index (χ1v) is 15.9. The van der Waals surface area contributed by atoms with Gasteiger partial charge in [0, 0.05) is 49.9 Å². The summed E-state index contributed by atoms with van der Waals surface area (Å²) in [5.41, 5.74) is 7.41. The fourth-order valence-corrected chi connectivity index (χ4v) is 5.27. The van der Waals surface area contributed by atoms with Gasteiger partial charge in [0.1, 0.15) is 0 Å². The number of carbonyl (C=O) groups is 1. The van der Waals surface area contributed by atoms with Crippen LogP contribution in [0.4, 0.5) is 4.79 Å². The van der Waals surface area contributed by atoms with Gasteiger partial charge in [0.05, 0.1) is 12.9 Å². The largest absolute Gasteiger partial charge is 0.380 e. The number of aliphatic imine (C=N–C) groups is 1. The third kappa shape index (κ3) is 12.7. The summed E-state index contributed by atoms with van der Waals surface area (Å²) in [6.45, 7) is 18.0. The molecule has 1 aromatic rings. The van der Waals surface area contributed by atoms with Crippen LogP contribution in [0.2, 0.25) is 5.02 Å². The van der Waals surface area contributed by atoms with Crippen molar-refractivity contribution < 1.29 is 9.53 Å². The quantitative estimate of drug-likeness (QED) is 0.0876. The number of allylic oxidation sites excluding steroid dienone is 4. The number of ether oxygens (including phenoxy) is 1. The van der Waals surface area contributed by atoms with Crippen molar-refractivity contribution in [2.75, 3.05) is 39.9 Å². The van der Waals surface area contributed by atoms with Crippen LogP contribution in [0, 0.1) is 0 Å². The van der Waals surface area contributed by atoms with Crippen molar-refractivity contribution >= 4 is 35.1 Å². The van der Waals surface area contributed by atoms with Crippen LogP contribution in [0.25, 0.3) is 11.1 Å². The van der Waals surface area contributed by atoms with Gasteiger partial charge in [0.25, 0.3) is 0 Å². The predicted molar refractivity (Wildman–Crippen MR) is 185 cm³/mol. The summed E-state index contributed by atoms with van der Waals surface area (Å²) in [4.78, 5) is 18.8. The standard InChI is InChI=1S/C35H54ClN5O2/c1-9-26(4)22-32(28-15-19-41(20-16-28)34(42)40-35(5,6)7)31-13-12-29(36)24-33(31)27(10-2)23-30(14-17-38-25-37-8)39-18-21-43-11-3/h9-10,12-14,17,24-25,30,39H,11,15-16,18-23H2,1-8H3,(H,37,38)(H,40,42)/b17-14+,26-9-,27-10-. The monoisotopic (exact) mass is 611 g/mol. The molecule has 7 nitrogen and oxygen atoms in total. The van der Waals surface area contributed by atoms with E-state index in [9.17, 15) is 4.79 Å². The molecule has 1 aliphatic rings. The van der Waals surface area contributed by atoms with Crippen LogP contribution in [0.3, 0.4) is 0 Å². The number of amides is 2. The SMILES string of the molecule is C/C=C(/C)CC(=C1CCN(C(=O)NC(C)(C)C)CC1)c1ccc(Cl)cc1/C(=C\C)CC(/C=C/NC=NC)NCCOCC. The zero-order valence-corrected chi connectivity index (χ0v) is 28.4. The Kier molecular flexibility index (Phi) is 15.8. The summed E-state index contributed by atoms with van der Waals surface area (Å²) in [5, 5.41) is 10.6. The molecular formula is C35H54ClN5O2. The molecule has 0 bridgehead atoms. The molecule has 0 aromatic heterocycles. The Balaban J connectivity index is 2.46. The number of urea groups is 1. The average Bonchev–Trinajstić information content (AvgIpc) is 2.97. The van der Waals surface area contributed by atoms with E-state index < -0.39 is 0 Å². The number of nitrogens with one attached hydrogen (secondary N) is 3. The third-order valence-corrected chi connectivity index (χ3v) is 7.67. The number of halogens is 1. The van der Waals surface area contributed by atoms with Gasteiger partial charge in [-0.05, 0) is 115 Å². The van der Waals surface area contributed by atoms with E-state index in [1.54, 1.807) is 13.4 Å². The van der Waals surface area contributed by atoms with Gasteiger partial charge < -0.3 is 25.6 Å². The zero-order valence-electron chi connectivity index (χ0n) is 27.6. The van der Waals surface area contributed by atoms with Gasteiger partial charge in [-0.3, -0.25) is 4.99 Å². The maximum atomic E-state index is 12.9. The lowest BCUT2D eigenvalue weighted by Crippen LogP contribution is -2.50. The van der Waals surface area contributed by atoms with Gasteiger partial charge in [-0.1, -0.05) is 47.0 Å². The molecule has 2 amide bonds. The number of nitrogens with zero attached hydrogens (tertiary/aromatic N) is 2. The minimum atomic E-state index is -0.257. The Bertz CT molecular complexity index is 1180. The molecule has 1 saturated heterocycles. The first kappa shape index (κ1) is 36.3. The average molecular weight is 612 g/mol. The maximum absolute atomic E-state index is 12.9. The number of carbonyl (C=O) groups excluding carboxylic acids is 1. The summed E-state index contributed by atoms with van der Waals surface area (Å²) in [5.74, 6) is 0. The fourth-order valence-electron chi connectivity index (χ4n) is 5.10. The van der Waals surface area contributed by atoms with E-state index in [0.717, 1.165) is 42.8 Å². The Hall–Kier alpha value is -2.87. The number of piperidine rings is 1. The molecule has 1 atom stereocenters. The van der Waals surface area contributed by atoms with E-state index in [1.165, 1.54) is 27.9 Å². The zero-order chi connectivity index (χ0) is 31.8. The van der Waals surface area contributed by atoms with Crippen LogP contribution in [-0.2, 0) is 4.74 Å². The minimum Gasteiger partial charge on any atom is -0.380 e. The van der Waals surface area contributed by atoms with E-state index in [-0.39, 0.29) is 17.6 Å². The maximum Gasteiger partial charge on any atom is 0.317 e. The van der Waals surface area contributed by atoms with Crippen LogP contribution in [0.15, 0.2) is 58.8 Å². The van der Waals surface area contributed by atoms with Crippen LogP contribution in [0.5, 0.6) is 0 Å². The molecule has 1 unspecified atom stereocenters. The number of benzene rings is 1. The van der Waals surface area contributed by atoms with Crippen LogP contribution >= 0.6 is 11.6 Å². The minimum absolute atomic E-state index is 0.0109. The first-order valence-electron chi connectivity index (χ1n) is 15.5. The molecule has 3 N–H and O–H groups in total. The Labute approximate surface area is 265 Å². The smallest absolute Gasteiger partial charge is 0.317 e. The van der Waals surface area contributed by atoms with Crippen molar-refractivity contribution in [1.82, 2.24) is 20.9 Å². The molecule has 238 valence electrons. The highest BCUT2D eigenvalue weighted by atomic mass is 35.5. The lowest BCUT2D eigenvalue weighted by molar-refractivity contribution is 0.148. The number of hydrogen-bond donors (Lipinski definition) is 3. The fraction of sp³-hybridized carbons (Fsp3) is 0.543. The van der Waals surface area contributed by atoms with Crippen molar-refractivity contribution in [3.05, 3.63) is 69.9 Å². The number of hydrogen-bond acceptors (Lipinski definition) is 4. The summed E-state index contributed by atoms with van der Waals surface area (Å²) >= 11 is 6.64. The van der Waals surface area contributed by atoms with Gasteiger partial charge >= 0.3 is 6.03 Å². The molecule has 1 aromatic carbocycles. The third-order valence-electron chi connectivity index (χ3n) is 7.44. The lowest BCUT2D eigenvalue weighted by atomic mass is 9.84. The van der Waals surface area contributed by atoms with Gasteiger partial charge in [0.15, 0.2) is 0 Å². The second-order valence-electron chi connectivity index (χ2n) is 11.9. The van der Waals surface area contributed by atoms with E-state index in [0.29, 0.717) is 26.3 Å². The number of rotatable bonds is 14. The molecule has 0 saturated carbocycles. The van der Waals surface area contributed by atoms with Crippen LogP contribution in [0.1, 0.15) is 85.3 Å². The van der Waals surface area contributed by atoms with Crippen molar-refractivity contribution in [2.24, 2.45) is 4.99 Å². The van der Waals surface area contributed by atoms with E-state index in [2.05, 4.69) is 72.1 Å². The van der Waals surface area contributed by atoms with E-state index in [4.69, 9.17) is 16.3 Å². The van der Waals surface area contributed by atoms with Crippen molar-refractivity contribution in [3.8, 4) is 0 Å². The summed E-state index contributed by atoms with van der Waals surface area (Å²) < 4.78 is 5.57. The predicted octanol–water partition coefficient (Wildman–Crippen LogP) is 7.60. The molecule has 1 heterocycles. The first-order chi connectivity index (χ1) is 20.5. The van der Waals surface area contributed by atoms with E-state index >= 15 is 0 Å². The molecule has 0 aliphatic carbocycles. The Morgan fingerprint density at radius 2 is 1.88 bits per heavy atom. The topological polar surface area (TPSA) is 78.0 Å². The second kappa shape index (κ2) is 18.7. The van der Waals surface area contributed by atoms with Crippen LogP contribution < -0.4 is 16.0 Å². The van der Waals surface area contributed by atoms with Gasteiger partial charge in [-0.25, -0.2) is 4.79 Å². The summed E-state index contributed by atoms with van der Waals surface area (Å²) in [6.07, 6.45) is 13.5.